The van der Waals surface area contributed by atoms with Crippen molar-refractivity contribution in [1.29, 1.82) is 0 Å². The zero-order valence-electron chi connectivity index (χ0n) is 13.3. The van der Waals surface area contributed by atoms with E-state index in [2.05, 4.69) is 45.2 Å². The highest BCUT2D eigenvalue weighted by Crippen LogP contribution is 2.16. The number of hydrogen-bond acceptors (Lipinski definition) is 4. The molecule has 2 aliphatic heterocycles. The molecule has 5 heteroatoms. The van der Waals surface area contributed by atoms with E-state index in [1.807, 2.05) is 0 Å². The summed E-state index contributed by atoms with van der Waals surface area (Å²) in [4.78, 5) is 13.4. The van der Waals surface area contributed by atoms with Gasteiger partial charge in [0.25, 0.3) is 0 Å². The number of fused-ring (bicyclic) bond motifs is 1. The number of aryl methyl sites for hydroxylation is 1. The summed E-state index contributed by atoms with van der Waals surface area (Å²) in [6.07, 6.45) is 1.31. The van der Waals surface area contributed by atoms with Gasteiger partial charge in [-0.2, -0.15) is 0 Å². The van der Waals surface area contributed by atoms with Crippen LogP contribution in [-0.4, -0.2) is 65.1 Å². The Morgan fingerprint density at radius 1 is 1.23 bits per heavy atom. The summed E-state index contributed by atoms with van der Waals surface area (Å²) in [6.45, 7) is 10.1. The highest BCUT2D eigenvalue weighted by atomic mass is 15.3. The van der Waals surface area contributed by atoms with Crippen molar-refractivity contribution in [2.75, 3.05) is 39.3 Å². The molecule has 0 saturated carbocycles. The fourth-order valence-corrected chi connectivity index (χ4v) is 3.70. The number of nitrogens with zero attached hydrogens (tertiary/aromatic N) is 3. The van der Waals surface area contributed by atoms with Gasteiger partial charge in [0.2, 0.25) is 0 Å². The molecule has 5 nitrogen and oxygen atoms in total. The van der Waals surface area contributed by atoms with Gasteiger partial charge in [-0.05, 0) is 37.6 Å². The van der Waals surface area contributed by atoms with Gasteiger partial charge in [-0.25, -0.2) is 4.98 Å². The molecule has 2 N–H and O–H groups in total. The Morgan fingerprint density at radius 2 is 2.09 bits per heavy atom. The van der Waals surface area contributed by atoms with Gasteiger partial charge in [-0.3, -0.25) is 9.80 Å². The van der Waals surface area contributed by atoms with E-state index in [9.17, 15) is 0 Å². The molecule has 0 amide bonds. The van der Waals surface area contributed by atoms with Crippen LogP contribution in [0.3, 0.4) is 0 Å². The lowest BCUT2D eigenvalue weighted by Gasteiger charge is -2.37. The minimum Gasteiger partial charge on any atom is -0.341 e. The predicted molar refractivity (Wildman–Crippen MR) is 89.0 cm³/mol. The number of nitrogens with one attached hydrogen (secondary N) is 2. The third-order valence-electron chi connectivity index (χ3n) is 5.02. The molecule has 1 aromatic heterocycles. The number of piperazine rings is 1. The number of imidazole rings is 1. The molecule has 1 atom stereocenters. The standard InChI is InChI=1S/C17H25N5/c1-13-2-3-15-16(10-13)20-17(19-15)12-21-6-8-22(9-7-21)14-4-5-18-11-14/h2-3,10,14,18H,4-9,11-12H2,1H3,(H,19,20)/t14-/m1/s1. The molecule has 118 valence electrons. The lowest BCUT2D eigenvalue weighted by atomic mass is 10.2. The molecule has 2 aliphatic rings. The molecule has 2 fully saturated rings. The Balaban J connectivity index is 1.37. The van der Waals surface area contributed by atoms with E-state index in [0.717, 1.165) is 42.5 Å². The predicted octanol–water partition coefficient (Wildman–Crippen LogP) is 1.35. The minimum absolute atomic E-state index is 0.760. The fourth-order valence-electron chi connectivity index (χ4n) is 3.70. The molecule has 0 spiro atoms. The first-order chi connectivity index (χ1) is 10.8. The third-order valence-corrected chi connectivity index (χ3v) is 5.02. The van der Waals surface area contributed by atoms with Crippen LogP contribution in [0.1, 0.15) is 17.8 Å². The quantitative estimate of drug-likeness (QED) is 0.898. The van der Waals surface area contributed by atoms with E-state index in [1.165, 1.54) is 38.2 Å². The van der Waals surface area contributed by atoms with E-state index >= 15 is 0 Å². The van der Waals surface area contributed by atoms with E-state index in [0.29, 0.717) is 0 Å². The van der Waals surface area contributed by atoms with Crippen molar-refractivity contribution in [3.8, 4) is 0 Å². The number of hydrogen-bond donors (Lipinski definition) is 2. The zero-order valence-corrected chi connectivity index (χ0v) is 13.3. The largest absolute Gasteiger partial charge is 0.341 e. The van der Waals surface area contributed by atoms with Crippen LogP contribution in [-0.2, 0) is 6.54 Å². The number of H-pyrrole nitrogens is 1. The Kier molecular flexibility index (Phi) is 3.86. The Morgan fingerprint density at radius 3 is 2.86 bits per heavy atom. The summed E-state index contributed by atoms with van der Waals surface area (Å²) >= 11 is 0. The second-order valence-corrected chi connectivity index (χ2v) is 6.66. The molecular formula is C17H25N5. The second-order valence-electron chi connectivity index (χ2n) is 6.66. The molecule has 0 radical (unpaired) electrons. The van der Waals surface area contributed by atoms with Gasteiger partial charge in [-0.1, -0.05) is 6.07 Å². The highest BCUT2D eigenvalue weighted by molar-refractivity contribution is 5.75. The molecule has 22 heavy (non-hydrogen) atoms. The van der Waals surface area contributed by atoms with Crippen LogP contribution in [0.25, 0.3) is 11.0 Å². The first kappa shape index (κ1) is 14.2. The van der Waals surface area contributed by atoms with Crippen LogP contribution in [0.15, 0.2) is 18.2 Å². The summed E-state index contributed by atoms with van der Waals surface area (Å²) in [6, 6.07) is 7.17. The number of rotatable bonds is 3. The van der Waals surface area contributed by atoms with Crippen molar-refractivity contribution >= 4 is 11.0 Å². The summed E-state index contributed by atoms with van der Waals surface area (Å²) in [5, 5.41) is 3.47. The maximum absolute atomic E-state index is 4.72. The fraction of sp³-hybridized carbons (Fsp3) is 0.588. The summed E-state index contributed by atoms with van der Waals surface area (Å²) in [7, 11) is 0. The first-order valence-electron chi connectivity index (χ1n) is 8.40. The maximum atomic E-state index is 4.72. The average molecular weight is 299 g/mol. The van der Waals surface area contributed by atoms with Crippen molar-refractivity contribution in [2.24, 2.45) is 0 Å². The number of benzene rings is 1. The van der Waals surface area contributed by atoms with Crippen LogP contribution >= 0.6 is 0 Å². The summed E-state index contributed by atoms with van der Waals surface area (Å²) in [5.74, 6) is 1.09. The highest BCUT2D eigenvalue weighted by Gasteiger charge is 2.26. The lowest BCUT2D eigenvalue weighted by Crippen LogP contribution is -2.50. The van der Waals surface area contributed by atoms with E-state index in [-0.39, 0.29) is 0 Å². The molecule has 2 aromatic rings. The van der Waals surface area contributed by atoms with E-state index in [4.69, 9.17) is 4.98 Å². The van der Waals surface area contributed by atoms with E-state index in [1.54, 1.807) is 0 Å². The van der Waals surface area contributed by atoms with Crippen molar-refractivity contribution in [2.45, 2.75) is 25.9 Å². The smallest absolute Gasteiger partial charge is 0.121 e. The van der Waals surface area contributed by atoms with Gasteiger partial charge in [-0.15, -0.1) is 0 Å². The monoisotopic (exact) mass is 299 g/mol. The molecule has 4 rings (SSSR count). The van der Waals surface area contributed by atoms with Crippen LogP contribution in [0.5, 0.6) is 0 Å². The summed E-state index contributed by atoms with van der Waals surface area (Å²) in [5.41, 5.74) is 3.52. The van der Waals surface area contributed by atoms with Gasteiger partial charge < -0.3 is 10.3 Å². The van der Waals surface area contributed by atoms with Crippen molar-refractivity contribution in [1.82, 2.24) is 25.1 Å². The zero-order chi connectivity index (χ0) is 14.9. The molecule has 0 unspecified atom stereocenters. The van der Waals surface area contributed by atoms with Gasteiger partial charge >= 0.3 is 0 Å². The van der Waals surface area contributed by atoms with Crippen molar-refractivity contribution in [3.05, 3.63) is 29.6 Å². The van der Waals surface area contributed by atoms with Crippen LogP contribution < -0.4 is 5.32 Å². The first-order valence-corrected chi connectivity index (χ1v) is 8.40. The van der Waals surface area contributed by atoms with Crippen LogP contribution in [0.4, 0.5) is 0 Å². The van der Waals surface area contributed by atoms with Gasteiger partial charge in [0.15, 0.2) is 0 Å². The SMILES string of the molecule is Cc1ccc2nc(CN3CCN([C@@H]4CCNC4)CC3)[nH]c2c1. The van der Waals surface area contributed by atoms with Crippen LogP contribution in [0, 0.1) is 6.92 Å². The Hall–Kier alpha value is -1.43. The Labute approximate surface area is 131 Å². The molecule has 1 aromatic carbocycles. The topological polar surface area (TPSA) is 47.2 Å². The number of aromatic amines is 1. The van der Waals surface area contributed by atoms with Crippen LogP contribution in [0.2, 0.25) is 0 Å². The molecule has 3 heterocycles. The van der Waals surface area contributed by atoms with Crippen molar-refractivity contribution < 1.29 is 0 Å². The normalized spacial score (nSPS) is 24.3. The molecule has 0 bridgehead atoms. The van der Waals surface area contributed by atoms with Gasteiger partial charge in [0.05, 0.1) is 17.6 Å². The van der Waals surface area contributed by atoms with Gasteiger partial charge in [0.1, 0.15) is 5.82 Å². The van der Waals surface area contributed by atoms with E-state index < -0.39 is 0 Å². The Bertz CT molecular complexity index is 636. The minimum atomic E-state index is 0.760. The lowest BCUT2D eigenvalue weighted by molar-refractivity contribution is 0.0967. The van der Waals surface area contributed by atoms with Crippen molar-refractivity contribution in [3.63, 3.8) is 0 Å². The molecule has 0 aliphatic carbocycles. The summed E-state index contributed by atoms with van der Waals surface area (Å²) < 4.78 is 0. The molecule has 2 saturated heterocycles. The maximum Gasteiger partial charge on any atom is 0.121 e. The van der Waals surface area contributed by atoms with Gasteiger partial charge in [0, 0.05) is 38.8 Å². The number of aromatic nitrogens is 2. The second kappa shape index (κ2) is 5.99. The molecular weight excluding hydrogens is 274 g/mol. The average Bonchev–Trinajstić information content (AvgIpc) is 3.16. The third kappa shape index (κ3) is 2.89.